The zero-order chi connectivity index (χ0) is 16.6. The predicted molar refractivity (Wildman–Crippen MR) is 83.3 cm³/mol. The maximum absolute atomic E-state index is 12.6. The Balaban J connectivity index is 2.18. The highest BCUT2D eigenvalue weighted by molar-refractivity contribution is 6.04. The first kappa shape index (κ1) is 14.8. The smallest absolute Gasteiger partial charge is 0.270 e. The molecule has 0 saturated carbocycles. The molecule has 0 unspecified atom stereocenters. The lowest BCUT2D eigenvalue weighted by molar-refractivity contribution is 0.102. The summed E-state index contributed by atoms with van der Waals surface area (Å²) in [5.74, 6) is -0.582. The van der Waals surface area contributed by atoms with Gasteiger partial charge in [-0.25, -0.2) is 4.98 Å². The van der Waals surface area contributed by atoms with E-state index >= 15 is 0 Å². The number of carbonyl (C=O) groups excluding carboxylic acids is 1. The molecule has 0 aromatic carbocycles. The van der Waals surface area contributed by atoms with Gasteiger partial charge in [0.2, 0.25) is 5.43 Å². The number of anilines is 1. The van der Waals surface area contributed by atoms with Gasteiger partial charge in [-0.2, -0.15) is 5.21 Å². The molecule has 3 aromatic rings. The molecule has 9 heteroatoms. The average Bonchev–Trinajstić information content (AvgIpc) is 2.99. The normalized spacial score (nSPS) is 11.1. The second-order valence-electron chi connectivity index (χ2n) is 5.39. The van der Waals surface area contributed by atoms with Crippen LogP contribution in [0.15, 0.2) is 23.1 Å². The first-order valence-electron chi connectivity index (χ1n) is 7.04. The van der Waals surface area contributed by atoms with E-state index in [1.807, 2.05) is 20.8 Å². The van der Waals surface area contributed by atoms with Crippen LogP contribution in [0.3, 0.4) is 0 Å². The summed E-state index contributed by atoms with van der Waals surface area (Å²) >= 11 is 0. The fourth-order valence-corrected chi connectivity index (χ4v) is 2.26. The third-order valence-electron chi connectivity index (χ3n) is 3.39. The summed E-state index contributed by atoms with van der Waals surface area (Å²) in [5.41, 5.74) is 0.975. The Morgan fingerprint density at radius 3 is 2.78 bits per heavy atom. The molecule has 3 heterocycles. The molecule has 0 fully saturated rings. The number of amides is 1. The Morgan fingerprint density at radius 2 is 2.13 bits per heavy atom. The predicted octanol–water partition coefficient (Wildman–Crippen LogP) is 1.05. The summed E-state index contributed by atoms with van der Waals surface area (Å²) in [7, 11) is 0. The van der Waals surface area contributed by atoms with E-state index in [0.717, 1.165) is 5.69 Å². The zero-order valence-corrected chi connectivity index (χ0v) is 12.9. The van der Waals surface area contributed by atoms with Gasteiger partial charge in [-0.1, -0.05) is 5.10 Å². The van der Waals surface area contributed by atoms with E-state index < -0.39 is 5.91 Å². The minimum atomic E-state index is -0.590. The van der Waals surface area contributed by atoms with Gasteiger partial charge in [-0.05, 0) is 38.1 Å². The van der Waals surface area contributed by atoms with Crippen molar-refractivity contribution in [1.82, 2.24) is 30.2 Å². The molecule has 3 rings (SSSR count). The molecule has 0 atom stereocenters. The average molecular weight is 313 g/mol. The number of hydrogen-bond donors (Lipinski definition) is 2. The maximum atomic E-state index is 12.6. The molecule has 1 amide bonds. The summed E-state index contributed by atoms with van der Waals surface area (Å²) in [5, 5.41) is 15.7. The third-order valence-corrected chi connectivity index (χ3v) is 3.39. The number of aromatic amines is 1. The topological polar surface area (TPSA) is 118 Å². The molecule has 0 bridgehead atoms. The summed E-state index contributed by atoms with van der Waals surface area (Å²) in [6.07, 6.45) is 1.51. The number of fused-ring (bicyclic) bond motifs is 1. The van der Waals surface area contributed by atoms with E-state index in [1.165, 1.54) is 6.20 Å². The highest BCUT2D eigenvalue weighted by Gasteiger charge is 2.18. The van der Waals surface area contributed by atoms with Crippen molar-refractivity contribution in [3.8, 4) is 0 Å². The lowest BCUT2D eigenvalue weighted by atomic mass is 10.1. The molecule has 0 radical (unpaired) electrons. The fraction of sp³-hybridized carbons (Fsp3) is 0.286. The Kier molecular flexibility index (Phi) is 3.61. The van der Waals surface area contributed by atoms with Crippen LogP contribution in [0.2, 0.25) is 0 Å². The van der Waals surface area contributed by atoms with Gasteiger partial charge < -0.3 is 4.57 Å². The Labute approximate surface area is 130 Å². The molecular formula is C14H15N7O2. The summed E-state index contributed by atoms with van der Waals surface area (Å²) in [6.45, 7) is 5.76. The largest absolute Gasteiger partial charge is 0.329 e. The molecule has 2 N–H and O–H groups in total. The fourth-order valence-electron chi connectivity index (χ4n) is 2.26. The minimum Gasteiger partial charge on any atom is -0.329 e. The number of carbonyl (C=O) groups is 1. The first-order valence-corrected chi connectivity index (χ1v) is 7.04. The van der Waals surface area contributed by atoms with Crippen LogP contribution in [-0.2, 0) is 0 Å². The highest BCUT2D eigenvalue weighted by atomic mass is 16.2. The van der Waals surface area contributed by atoms with Gasteiger partial charge >= 0.3 is 0 Å². The molecule has 0 aliphatic rings. The minimum absolute atomic E-state index is 0.00153. The highest BCUT2D eigenvalue weighted by Crippen LogP contribution is 2.16. The van der Waals surface area contributed by atoms with Crippen LogP contribution >= 0.6 is 0 Å². The van der Waals surface area contributed by atoms with Crippen LogP contribution < -0.4 is 10.7 Å². The monoisotopic (exact) mass is 313 g/mol. The third kappa shape index (κ3) is 2.68. The lowest BCUT2D eigenvalue weighted by Gasteiger charge is -2.15. The van der Waals surface area contributed by atoms with Gasteiger partial charge in [0.1, 0.15) is 11.2 Å². The van der Waals surface area contributed by atoms with Gasteiger partial charge in [-0.15, -0.1) is 5.10 Å². The molecule has 9 nitrogen and oxygen atoms in total. The van der Waals surface area contributed by atoms with Crippen molar-refractivity contribution in [3.05, 3.63) is 39.8 Å². The molecular weight excluding hydrogens is 298 g/mol. The van der Waals surface area contributed by atoms with E-state index in [4.69, 9.17) is 0 Å². The maximum Gasteiger partial charge on any atom is 0.270 e. The molecule has 118 valence electrons. The number of tetrazole rings is 1. The van der Waals surface area contributed by atoms with Gasteiger partial charge in [0.15, 0.2) is 0 Å². The van der Waals surface area contributed by atoms with Crippen LogP contribution in [0.1, 0.15) is 35.9 Å². The number of hydrogen-bond acceptors (Lipinski definition) is 6. The molecule has 0 spiro atoms. The van der Waals surface area contributed by atoms with Crippen LogP contribution in [0.4, 0.5) is 5.95 Å². The lowest BCUT2D eigenvalue weighted by Crippen LogP contribution is -2.25. The molecule has 0 aliphatic heterocycles. The second-order valence-corrected chi connectivity index (χ2v) is 5.39. The summed E-state index contributed by atoms with van der Waals surface area (Å²) in [4.78, 5) is 29.4. The molecule has 3 aromatic heterocycles. The van der Waals surface area contributed by atoms with Crippen molar-refractivity contribution in [2.45, 2.75) is 26.8 Å². The quantitative estimate of drug-likeness (QED) is 0.746. The van der Waals surface area contributed by atoms with Gasteiger partial charge in [0.05, 0.1) is 5.39 Å². The van der Waals surface area contributed by atoms with Crippen LogP contribution in [0, 0.1) is 6.92 Å². The van der Waals surface area contributed by atoms with E-state index in [0.29, 0.717) is 11.0 Å². The van der Waals surface area contributed by atoms with E-state index in [-0.39, 0.29) is 23.0 Å². The standard InChI is InChI=1S/C14H15N7O2/c1-7(2)21-6-10(13(23)16-14-17-19-20-18-14)11(22)9-5-4-8(3)15-12(9)21/h4-7H,1-3H3,(H2,16,17,18,19,20,23). The number of nitrogens with zero attached hydrogens (tertiary/aromatic N) is 5. The Bertz CT molecular complexity index is 928. The van der Waals surface area contributed by atoms with Crippen molar-refractivity contribution in [3.63, 3.8) is 0 Å². The van der Waals surface area contributed by atoms with Crippen molar-refractivity contribution >= 4 is 22.9 Å². The van der Waals surface area contributed by atoms with E-state index in [9.17, 15) is 9.59 Å². The zero-order valence-electron chi connectivity index (χ0n) is 12.9. The second kappa shape index (κ2) is 5.59. The van der Waals surface area contributed by atoms with Crippen molar-refractivity contribution in [2.24, 2.45) is 0 Å². The van der Waals surface area contributed by atoms with Crippen LogP contribution in [0.5, 0.6) is 0 Å². The summed E-state index contributed by atoms with van der Waals surface area (Å²) < 4.78 is 1.80. The summed E-state index contributed by atoms with van der Waals surface area (Å²) in [6, 6.07) is 3.46. The van der Waals surface area contributed by atoms with E-state index in [1.54, 1.807) is 16.7 Å². The van der Waals surface area contributed by atoms with Crippen molar-refractivity contribution in [2.75, 3.05) is 5.32 Å². The van der Waals surface area contributed by atoms with Crippen LogP contribution in [0.25, 0.3) is 11.0 Å². The van der Waals surface area contributed by atoms with Gasteiger partial charge in [0.25, 0.3) is 11.9 Å². The molecule has 23 heavy (non-hydrogen) atoms. The number of aryl methyl sites for hydroxylation is 1. The van der Waals surface area contributed by atoms with Crippen molar-refractivity contribution < 1.29 is 4.79 Å². The number of nitrogens with one attached hydrogen (secondary N) is 2. The number of pyridine rings is 2. The van der Waals surface area contributed by atoms with Crippen LogP contribution in [-0.4, -0.2) is 36.1 Å². The van der Waals surface area contributed by atoms with Gasteiger partial charge in [-0.3, -0.25) is 14.9 Å². The molecule has 0 aliphatic carbocycles. The number of aromatic nitrogens is 6. The Hall–Kier alpha value is -3.10. The molecule has 0 saturated heterocycles. The van der Waals surface area contributed by atoms with E-state index in [2.05, 4.69) is 30.9 Å². The first-order chi connectivity index (χ1) is 11.0. The number of rotatable bonds is 3. The number of H-pyrrole nitrogens is 1. The SMILES string of the molecule is Cc1ccc2c(=O)c(C(=O)Nc3nn[nH]n3)cn(C(C)C)c2n1. The van der Waals surface area contributed by atoms with Gasteiger partial charge in [0, 0.05) is 17.9 Å². The van der Waals surface area contributed by atoms with Crippen molar-refractivity contribution in [1.29, 1.82) is 0 Å². The Morgan fingerprint density at radius 1 is 1.35 bits per heavy atom.